The Morgan fingerprint density at radius 1 is 1.32 bits per heavy atom. The normalized spacial score (nSPS) is 11.3. The van der Waals surface area contributed by atoms with E-state index in [0.29, 0.717) is 13.0 Å². The van der Waals surface area contributed by atoms with E-state index in [-0.39, 0.29) is 22.4 Å². The Balaban J connectivity index is 2.42. The highest BCUT2D eigenvalue weighted by molar-refractivity contribution is 7.88. The summed E-state index contributed by atoms with van der Waals surface area (Å²) in [6.07, 6.45) is 1.53. The monoisotopic (exact) mass is 325 g/mol. The Morgan fingerprint density at radius 3 is 2.63 bits per heavy atom. The second-order valence-electron chi connectivity index (χ2n) is 3.74. The van der Waals surface area contributed by atoms with Crippen molar-refractivity contribution < 1.29 is 13.2 Å². The third-order valence-corrected chi connectivity index (χ3v) is 3.27. The summed E-state index contributed by atoms with van der Waals surface area (Å²) in [4.78, 5) is 15.5. The van der Waals surface area contributed by atoms with Crippen LogP contribution in [0.15, 0.2) is 12.1 Å². The lowest BCUT2D eigenvalue weighted by Gasteiger charge is -2.06. The highest BCUT2D eigenvalue weighted by Crippen LogP contribution is 2.16. The minimum absolute atomic E-state index is 0.0465. The van der Waals surface area contributed by atoms with E-state index in [1.807, 2.05) is 0 Å². The van der Waals surface area contributed by atoms with E-state index in [4.69, 9.17) is 23.2 Å². The highest BCUT2D eigenvalue weighted by Gasteiger charge is 2.12. The fourth-order valence-electron chi connectivity index (χ4n) is 1.21. The van der Waals surface area contributed by atoms with E-state index >= 15 is 0 Å². The molecule has 0 aliphatic carbocycles. The van der Waals surface area contributed by atoms with Gasteiger partial charge >= 0.3 is 0 Å². The first kappa shape index (κ1) is 16.2. The van der Waals surface area contributed by atoms with Gasteiger partial charge in [0.2, 0.25) is 10.0 Å². The van der Waals surface area contributed by atoms with Crippen molar-refractivity contribution in [2.75, 3.05) is 19.3 Å². The van der Waals surface area contributed by atoms with Crippen molar-refractivity contribution in [2.24, 2.45) is 0 Å². The number of pyridine rings is 1. The van der Waals surface area contributed by atoms with Crippen LogP contribution in [0.3, 0.4) is 0 Å². The largest absolute Gasteiger partial charge is 0.351 e. The maximum atomic E-state index is 11.7. The molecule has 0 spiro atoms. The average molecular weight is 326 g/mol. The maximum absolute atomic E-state index is 11.7. The molecule has 0 fully saturated rings. The van der Waals surface area contributed by atoms with Crippen molar-refractivity contribution in [3.05, 3.63) is 28.0 Å². The zero-order valence-corrected chi connectivity index (χ0v) is 12.4. The Kier molecular flexibility index (Phi) is 5.99. The summed E-state index contributed by atoms with van der Waals surface area (Å²) in [6.45, 7) is 0.543. The van der Waals surface area contributed by atoms with Crippen LogP contribution in [0.2, 0.25) is 10.2 Å². The number of nitrogens with zero attached hydrogens (tertiary/aromatic N) is 1. The van der Waals surface area contributed by atoms with Gasteiger partial charge in [-0.3, -0.25) is 4.79 Å². The molecular formula is C10H13Cl2N3O3S. The van der Waals surface area contributed by atoms with Gasteiger partial charge in [0.05, 0.1) is 11.3 Å². The van der Waals surface area contributed by atoms with Crippen LogP contribution < -0.4 is 10.0 Å². The van der Waals surface area contributed by atoms with Crippen LogP contribution in [0.1, 0.15) is 16.9 Å². The van der Waals surface area contributed by atoms with Gasteiger partial charge in [-0.2, -0.15) is 0 Å². The van der Waals surface area contributed by atoms with E-state index < -0.39 is 15.9 Å². The van der Waals surface area contributed by atoms with Gasteiger partial charge in [-0.05, 0) is 18.6 Å². The second-order valence-corrected chi connectivity index (χ2v) is 6.37. The van der Waals surface area contributed by atoms with Gasteiger partial charge < -0.3 is 5.32 Å². The molecule has 1 rings (SSSR count). The van der Waals surface area contributed by atoms with Crippen LogP contribution in [0.5, 0.6) is 0 Å². The molecule has 19 heavy (non-hydrogen) atoms. The standard InChI is InChI=1S/C10H13Cl2N3O3S/c1-19(17,18)14-6-2-5-13-10(16)9-7(11)3-4-8(12)15-9/h3-4,14H,2,5-6H2,1H3,(H,13,16). The maximum Gasteiger partial charge on any atom is 0.271 e. The molecule has 6 nitrogen and oxygen atoms in total. The molecule has 0 atom stereocenters. The molecule has 0 saturated carbocycles. The molecule has 1 aromatic heterocycles. The zero-order chi connectivity index (χ0) is 14.5. The lowest BCUT2D eigenvalue weighted by Crippen LogP contribution is -2.30. The quantitative estimate of drug-likeness (QED) is 0.604. The summed E-state index contributed by atoms with van der Waals surface area (Å²) < 4.78 is 23.9. The fourth-order valence-corrected chi connectivity index (χ4v) is 2.06. The molecule has 106 valence electrons. The summed E-state index contributed by atoms with van der Waals surface area (Å²) >= 11 is 11.5. The minimum Gasteiger partial charge on any atom is -0.351 e. The van der Waals surface area contributed by atoms with Crippen molar-refractivity contribution in [3.63, 3.8) is 0 Å². The third-order valence-electron chi connectivity index (χ3n) is 2.03. The van der Waals surface area contributed by atoms with Gasteiger partial charge in [-0.25, -0.2) is 18.1 Å². The van der Waals surface area contributed by atoms with Crippen LogP contribution in [-0.2, 0) is 10.0 Å². The molecule has 1 aromatic rings. The first-order chi connectivity index (χ1) is 8.79. The summed E-state index contributed by atoms with van der Waals surface area (Å²) in [5.41, 5.74) is 0.0465. The number of amides is 1. The van der Waals surface area contributed by atoms with E-state index in [1.54, 1.807) is 0 Å². The van der Waals surface area contributed by atoms with Crippen LogP contribution in [0, 0.1) is 0 Å². The molecule has 9 heteroatoms. The molecule has 0 bridgehead atoms. The molecule has 1 heterocycles. The fraction of sp³-hybridized carbons (Fsp3) is 0.400. The minimum atomic E-state index is -3.20. The molecule has 0 unspecified atom stereocenters. The highest BCUT2D eigenvalue weighted by atomic mass is 35.5. The molecule has 1 amide bonds. The van der Waals surface area contributed by atoms with Crippen LogP contribution in [-0.4, -0.2) is 38.7 Å². The van der Waals surface area contributed by atoms with Gasteiger partial charge in [0.1, 0.15) is 10.8 Å². The Bertz CT molecular complexity index is 563. The molecule has 0 aliphatic rings. The number of carbonyl (C=O) groups is 1. The lowest BCUT2D eigenvalue weighted by molar-refractivity contribution is 0.0948. The van der Waals surface area contributed by atoms with Crippen molar-refractivity contribution in [1.29, 1.82) is 0 Å². The SMILES string of the molecule is CS(=O)(=O)NCCCNC(=O)c1nc(Cl)ccc1Cl. The molecule has 2 N–H and O–H groups in total. The summed E-state index contributed by atoms with van der Waals surface area (Å²) in [5.74, 6) is -0.452. The first-order valence-corrected chi connectivity index (χ1v) is 7.99. The Morgan fingerprint density at radius 2 is 2.00 bits per heavy atom. The van der Waals surface area contributed by atoms with Crippen molar-refractivity contribution >= 4 is 39.1 Å². The average Bonchev–Trinajstić information content (AvgIpc) is 2.30. The van der Waals surface area contributed by atoms with Gasteiger partial charge in [0.15, 0.2) is 0 Å². The predicted molar refractivity (Wildman–Crippen MR) is 74.1 cm³/mol. The van der Waals surface area contributed by atoms with Crippen LogP contribution in [0.4, 0.5) is 0 Å². The molecular weight excluding hydrogens is 313 g/mol. The Hall–Kier alpha value is -0.890. The second kappa shape index (κ2) is 7.04. The number of rotatable bonds is 6. The smallest absolute Gasteiger partial charge is 0.271 e. The van der Waals surface area contributed by atoms with Gasteiger partial charge in [-0.15, -0.1) is 0 Å². The summed E-state index contributed by atoms with van der Waals surface area (Å²) in [5, 5.41) is 2.95. The zero-order valence-electron chi connectivity index (χ0n) is 10.1. The predicted octanol–water partition coefficient (Wildman–Crippen LogP) is 1.06. The number of carbonyl (C=O) groups excluding carboxylic acids is 1. The number of halogens is 2. The summed E-state index contributed by atoms with van der Waals surface area (Å²) in [6, 6.07) is 2.97. The van der Waals surface area contributed by atoms with Crippen molar-refractivity contribution in [1.82, 2.24) is 15.0 Å². The number of sulfonamides is 1. The van der Waals surface area contributed by atoms with E-state index in [9.17, 15) is 13.2 Å². The molecule has 0 aromatic carbocycles. The third kappa shape index (κ3) is 6.20. The van der Waals surface area contributed by atoms with Crippen molar-refractivity contribution in [2.45, 2.75) is 6.42 Å². The van der Waals surface area contributed by atoms with Crippen LogP contribution >= 0.6 is 23.2 Å². The van der Waals surface area contributed by atoms with Gasteiger partial charge in [-0.1, -0.05) is 23.2 Å². The van der Waals surface area contributed by atoms with E-state index in [2.05, 4.69) is 15.0 Å². The summed E-state index contributed by atoms with van der Waals surface area (Å²) in [7, 11) is -3.20. The number of hydrogen-bond donors (Lipinski definition) is 2. The van der Waals surface area contributed by atoms with E-state index in [0.717, 1.165) is 6.26 Å². The Labute approximate surface area is 121 Å². The number of aromatic nitrogens is 1. The van der Waals surface area contributed by atoms with Gasteiger partial charge in [0, 0.05) is 13.1 Å². The van der Waals surface area contributed by atoms with Crippen molar-refractivity contribution in [3.8, 4) is 0 Å². The molecule has 0 saturated heterocycles. The first-order valence-electron chi connectivity index (χ1n) is 5.34. The topological polar surface area (TPSA) is 88.2 Å². The number of nitrogens with one attached hydrogen (secondary N) is 2. The molecule has 0 radical (unpaired) electrons. The van der Waals surface area contributed by atoms with Crippen LogP contribution in [0.25, 0.3) is 0 Å². The lowest BCUT2D eigenvalue weighted by atomic mass is 10.3. The van der Waals surface area contributed by atoms with Gasteiger partial charge in [0.25, 0.3) is 5.91 Å². The number of hydrogen-bond acceptors (Lipinski definition) is 4. The van der Waals surface area contributed by atoms with E-state index in [1.165, 1.54) is 12.1 Å². The molecule has 0 aliphatic heterocycles.